The second-order valence-corrected chi connectivity index (χ2v) is 10.4. The van der Waals surface area contributed by atoms with E-state index >= 15 is 0 Å². The van der Waals surface area contributed by atoms with Crippen LogP contribution in [0.15, 0.2) is 109 Å². The van der Waals surface area contributed by atoms with Crippen molar-refractivity contribution in [2.45, 2.75) is 6.92 Å². The summed E-state index contributed by atoms with van der Waals surface area (Å²) in [6.07, 6.45) is 0. The van der Waals surface area contributed by atoms with E-state index in [1.165, 1.54) is 54.4 Å². The Morgan fingerprint density at radius 2 is 1.33 bits per heavy atom. The first-order valence-electron chi connectivity index (χ1n) is 12.1. The molecule has 0 atom stereocenters. The van der Waals surface area contributed by atoms with Crippen LogP contribution < -0.4 is 0 Å². The fraction of sp³-hybridized carbons (Fsp3) is 0.0312. The minimum atomic E-state index is 1.04. The predicted octanol–water partition coefficient (Wildman–Crippen LogP) is 8.77. The maximum Gasteiger partial charge on any atom is 0.195 e. The van der Waals surface area contributed by atoms with Crippen LogP contribution >= 0.6 is 11.3 Å². The van der Waals surface area contributed by atoms with Gasteiger partial charge < -0.3 is 4.57 Å². The van der Waals surface area contributed by atoms with Crippen LogP contribution in [0.3, 0.4) is 0 Å². The summed E-state index contributed by atoms with van der Waals surface area (Å²) in [5.74, 6) is 0. The van der Waals surface area contributed by atoms with E-state index < -0.39 is 0 Å². The highest BCUT2D eigenvalue weighted by Crippen LogP contribution is 2.37. The molecule has 0 saturated carbocycles. The zero-order valence-corrected chi connectivity index (χ0v) is 20.5. The van der Waals surface area contributed by atoms with Crippen molar-refractivity contribution in [3.63, 3.8) is 0 Å². The topological polar surface area (TPSA) is 22.2 Å². The van der Waals surface area contributed by atoms with E-state index in [0.29, 0.717) is 0 Å². The summed E-state index contributed by atoms with van der Waals surface area (Å²) < 4.78 is 5.92. The number of rotatable bonds is 2. The lowest BCUT2D eigenvalue weighted by Crippen LogP contribution is -1.93. The Bertz CT molecular complexity index is 2110. The molecule has 0 saturated heterocycles. The molecule has 0 aliphatic carbocycles. The second-order valence-electron chi connectivity index (χ2n) is 9.43. The van der Waals surface area contributed by atoms with E-state index in [1.54, 1.807) is 11.3 Å². The van der Waals surface area contributed by atoms with Crippen molar-refractivity contribution >= 4 is 59.4 Å². The number of benzene rings is 5. The Balaban J connectivity index is 1.39. The van der Waals surface area contributed by atoms with Crippen molar-refractivity contribution in [1.29, 1.82) is 0 Å². The molecule has 0 amide bonds. The molecule has 0 aliphatic heterocycles. The first kappa shape index (κ1) is 19.8. The summed E-state index contributed by atoms with van der Waals surface area (Å²) in [5, 5.41) is 2.56. The Morgan fingerprint density at radius 1 is 0.611 bits per heavy atom. The number of imidazole rings is 1. The van der Waals surface area contributed by atoms with Crippen LogP contribution in [0.1, 0.15) is 5.56 Å². The second kappa shape index (κ2) is 7.30. The normalized spacial score (nSPS) is 12.0. The van der Waals surface area contributed by atoms with Crippen molar-refractivity contribution in [1.82, 2.24) is 14.0 Å². The largest absolute Gasteiger partial charge is 0.309 e. The molecule has 0 N–H and O–H groups in total. The lowest BCUT2D eigenvalue weighted by Gasteiger charge is -2.08. The van der Waals surface area contributed by atoms with Gasteiger partial charge in [0.15, 0.2) is 4.96 Å². The number of nitrogens with zero attached hydrogens (tertiary/aromatic N) is 3. The van der Waals surface area contributed by atoms with Gasteiger partial charge in [-0.2, -0.15) is 0 Å². The van der Waals surface area contributed by atoms with Crippen LogP contribution in [0, 0.1) is 6.92 Å². The van der Waals surface area contributed by atoms with E-state index in [4.69, 9.17) is 4.98 Å². The number of thiazole rings is 1. The quantitative estimate of drug-likeness (QED) is 0.243. The SMILES string of the molecule is Cc1ccc2c(c1)c1cc(-c3ccc4sc5nc6ccccc6n5c4c3)ccc1n2-c1ccccc1. The first-order chi connectivity index (χ1) is 17.7. The highest BCUT2D eigenvalue weighted by atomic mass is 32.1. The zero-order chi connectivity index (χ0) is 23.8. The molecule has 0 aliphatic rings. The monoisotopic (exact) mass is 479 g/mol. The van der Waals surface area contributed by atoms with Gasteiger partial charge in [0.1, 0.15) is 0 Å². The maximum absolute atomic E-state index is 4.85. The van der Waals surface area contributed by atoms with Crippen LogP contribution in [0.25, 0.3) is 64.8 Å². The number of hydrogen-bond acceptors (Lipinski definition) is 2. The molecule has 3 aromatic heterocycles. The van der Waals surface area contributed by atoms with Gasteiger partial charge >= 0.3 is 0 Å². The molecule has 8 aromatic rings. The summed E-state index contributed by atoms with van der Waals surface area (Å²) in [6, 6.07) is 39.4. The third kappa shape index (κ3) is 2.76. The minimum Gasteiger partial charge on any atom is -0.309 e. The molecular formula is C32H21N3S. The third-order valence-electron chi connectivity index (χ3n) is 7.20. The summed E-state index contributed by atoms with van der Waals surface area (Å²) in [6.45, 7) is 2.17. The molecular weight excluding hydrogens is 458 g/mol. The molecule has 36 heavy (non-hydrogen) atoms. The molecule has 0 radical (unpaired) electrons. The maximum atomic E-state index is 4.85. The zero-order valence-electron chi connectivity index (χ0n) is 19.6. The number of para-hydroxylation sites is 3. The molecule has 3 heterocycles. The van der Waals surface area contributed by atoms with Crippen LogP contribution in [0.5, 0.6) is 0 Å². The Labute approximate surface area is 211 Å². The number of hydrogen-bond donors (Lipinski definition) is 0. The van der Waals surface area contributed by atoms with Gasteiger partial charge in [-0.3, -0.25) is 4.40 Å². The van der Waals surface area contributed by atoms with E-state index in [-0.39, 0.29) is 0 Å². The fourth-order valence-corrected chi connectivity index (χ4v) is 6.55. The molecule has 0 fully saturated rings. The summed E-state index contributed by atoms with van der Waals surface area (Å²) in [7, 11) is 0. The molecule has 3 nitrogen and oxygen atoms in total. The van der Waals surface area contributed by atoms with Crippen molar-refractivity contribution < 1.29 is 0 Å². The Hall–Kier alpha value is -4.41. The van der Waals surface area contributed by atoms with Gasteiger partial charge in [-0.25, -0.2) is 4.98 Å². The van der Waals surface area contributed by atoms with Gasteiger partial charge in [0.2, 0.25) is 0 Å². The molecule has 8 rings (SSSR count). The van der Waals surface area contributed by atoms with Crippen LogP contribution in [-0.2, 0) is 0 Å². The average molecular weight is 480 g/mol. The van der Waals surface area contributed by atoms with Gasteiger partial charge in [0.25, 0.3) is 0 Å². The average Bonchev–Trinajstić information content (AvgIpc) is 3.56. The Kier molecular flexibility index (Phi) is 4.02. The van der Waals surface area contributed by atoms with Gasteiger partial charge in [-0.05, 0) is 78.7 Å². The highest BCUT2D eigenvalue weighted by Gasteiger charge is 2.15. The standard InChI is InChI=1S/C32H21N3S/c1-20-11-14-27-24(17-20)25-18-21(12-15-28(25)34(27)23-7-3-2-4-8-23)22-13-16-31-30(19-22)35-29-10-6-5-9-26(29)33-32(35)36-31/h2-19H,1H3. The minimum absolute atomic E-state index is 1.04. The van der Waals surface area contributed by atoms with E-state index in [2.05, 4.69) is 125 Å². The molecule has 170 valence electrons. The predicted molar refractivity (Wildman–Crippen MR) is 153 cm³/mol. The highest BCUT2D eigenvalue weighted by molar-refractivity contribution is 7.23. The van der Waals surface area contributed by atoms with Gasteiger partial charge in [0, 0.05) is 16.5 Å². The van der Waals surface area contributed by atoms with Crippen LogP contribution in [0.4, 0.5) is 0 Å². The first-order valence-corrected chi connectivity index (χ1v) is 13.0. The molecule has 0 bridgehead atoms. The molecule has 5 aromatic carbocycles. The van der Waals surface area contributed by atoms with E-state index in [0.717, 1.165) is 16.0 Å². The van der Waals surface area contributed by atoms with Crippen molar-refractivity contribution in [3.05, 3.63) is 115 Å². The van der Waals surface area contributed by atoms with Crippen molar-refractivity contribution in [3.8, 4) is 16.8 Å². The van der Waals surface area contributed by atoms with E-state index in [9.17, 15) is 0 Å². The van der Waals surface area contributed by atoms with Gasteiger partial charge in [-0.1, -0.05) is 65.4 Å². The van der Waals surface area contributed by atoms with Crippen molar-refractivity contribution in [2.75, 3.05) is 0 Å². The molecule has 4 heteroatoms. The number of aromatic nitrogens is 3. The third-order valence-corrected chi connectivity index (χ3v) is 8.22. The van der Waals surface area contributed by atoms with Crippen LogP contribution in [-0.4, -0.2) is 14.0 Å². The fourth-order valence-electron chi connectivity index (χ4n) is 5.53. The lowest BCUT2D eigenvalue weighted by molar-refractivity contribution is 1.18. The van der Waals surface area contributed by atoms with Gasteiger partial charge in [0.05, 0.1) is 32.3 Å². The number of aryl methyl sites for hydroxylation is 1. The smallest absolute Gasteiger partial charge is 0.195 e. The summed E-state index contributed by atoms with van der Waals surface area (Å²) in [4.78, 5) is 5.89. The lowest BCUT2D eigenvalue weighted by atomic mass is 10.0. The Morgan fingerprint density at radius 3 is 2.22 bits per heavy atom. The number of fused-ring (bicyclic) bond motifs is 8. The van der Waals surface area contributed by atoms with Crippen LogP contribution in [0.2, 0.25) is 0 Å². The van der Waals surface area contributed by atoms with E-state index in [1.807, 2.05) is 0 Å². The van der Waals surface area contributed by atoms with Gasteiger partial charge in [-0.15, -0.1) is 0 Å². The molecule has 0 unspecified atom stereocenters. The summed E-state index contributed by atoms with van der Waals surface area (Å²) in [5.41, 5.74) is 10.8. The summed E-state index contributed by atoms with van der Waals surface area (Å²) >= 11 is 1.75. The molecule has 0 spiro atoms. The van der Waals surface area contributed by atoms with Crippen molar-refractivity contribution in [2.24, 2.45) is 0 Å².